The van der Waals surface area contributed by atoms with E-state index in [0.717, 1.165) is 51.1 Å². The highest BCUT2D eigenvalue weighted by molar-refractivity contribution is 8.00. The second kappa shape index (κ2) is 7.85. The molecule has 0 unspecified atom stereocenters. The van der Waals surface area contributed by atoms with Crippen molar-refractivity contribution in [3.63, 3.8) is 0 Å². The van der Waals surface area contributed by atoms with Crippen LogP contribution in [0.1, 0.15) is 42.5 Å². The molecule has 0 radical (unpaired) electrons. The molecule has 3 aliphatic rings. The van der Waals surface area contributed by atoms with E-state index in [4.69, 9.17) is 9.47 Å². The summed E-state index contributed by atoms with van der Waals surface area (Å²) in [6, 6.07) is 5.32. The predicted octanol–water partition coefficient (Wildman–Crippen LogP) is 3.01. The molecule has 1 saturated carbocycles. The average Bonchev–Trinajstić information content (AvgIpc) is 3.08. The largest absolute Gasteiger partial charge is 0.497 e. The van der Waals surface area contributed by atoms with E-state index >= 15 is 0 Å². The molecule has 1 aliphatic carbocycles. The topological polar surface area (TPSA) is 59.1 Å². The molecule has 0 bridgehead atoms. The zero-order valence-corrected chi connectivity index (χ0v) is 17.4. The molecular formula is C21H28N2O4S. The Labute approximate surface area is 170 Å². The van der Waals surface area contributed by atoms with Crippen molar-refractivity contribution in [1.29, 1.82) is 0 Å². The molecule has 2 amide bonds. The van der Waals surface area contributed by atoms with Gasteiger partial charge in [0.05, 0.1) is 19.1 Å². The average molecular weight is 405 g/mol. The van der Waals surface area contributed by atoms with Gasteiger partial charge in [-0.25, -0.2) is 0 Å². The predicted molar refractivity (Wildman–Crippen MR) is 109 cm³/mol. The molecule has 1 aromatic rings. The number of amides is 2. The maximum Gasteiger partial charge on any atom is 0.255 e. The number of likely N-dealkylation sites (tertiary alicyclic amines) is 1. The van der Waals surface area contributed by atoms with Gasteiger partial charge < -0.3 is 19.3 Å². The molecule has 1 aromatic carbocycles. The molecule has 2 saturated heterocycles. The van der Waals surface area contributed by atoms with Crippen LogP contribution in [0.25, 0.3) is 0 Å². The van der Waals surface area contributed by atoms with Crippen molar-refractivity contribution in [1.82, 2.24) is 9.80 Å². The summed E-state index contributed by atoms with van der Waals surface area (Å²) in [6.07, 6.45) is 4.93. The van der Waals surface area contributed by atoms with Crippen LogP contribution in [-0.2, 0) is 4.79 Å². The number of benzene rings is 1. The van der Waals surface area contributed by atoms with Gasteiger partial charge in [0.25, 0.3) is 5.91 Å². The van der Waals surface area contributed by atoms with Crippen LogP contribution in [0.3, 0.4) is 0 Å². The Bertz CT molecular complexity index is 735. The van der Waals surface area contributed by atoms with Gasteiger partial charge in [-0.15, -0.1) is 11.8 Å². The fraction of sp³-hybridized carbons (Fsp3) is 0.619. The number of nitrogens with zero attached hydrogens (tertiary/aromatic N) is 2. The van der Waals surface area contributed by atoms with Crippen molar-refractivity contribution >= 4 is 23.6 Å². The zero-order valence-electron chi connectivity index (χ0n) is 16.6. The van der Waals surface area contributed by atoms with Crippen LogP contribution in [0.5, 0.6) is 11.5 Å². The monoisotopic (exact) mass is 404 g/mol. The molecule has 3 fully saturated rings. The Morgan fingerprint density at radius 3 is 2.21 bits per heavy atom. The first-order valence-corrected chi connectivity index (χ1v) is 11.0. The number of carbonyl (C=O) groups is 2. The third-order valence-corrected chi connectivity index (χ3v) is 7.88. The first-order chi connectivity index (χ1) is 13.6. The highest BCUT2D eigenvalue weighted by atomic mass is 32.2. The fourth-order valence-electron chi connectivity index (χ4n) is 4.39. The lowest BCUT2D eigenvalue weighted by atomic mass is 9.84. The molecular weight excluding hydrogens is 376 g/mol. The molecule has 4 rings (SSSR count). The highest BCUT2D eigenvalue weighted by Crippen LogP contribution is 2.45. The molecule has 0 atom stereocenters. The van der Waals surface area contributed by atoms with Gasteiger partial charge in [-0.05, 0) is 37.8 Å². The minimum Gasteiger partial charge on any atom is -0.497 e. The maximum atomic E-state index is 13.4. The second-order valence-corrected chi connectivity index (χ2v) is 9.26. The third-order valence-electron chi connectivity index (χ3n) is 6.33. The van der Waals surface area contributed by atoms with Gasteiger partial charge in [0, 0.05) is 42.9 Å². The quantitative estimate of drug-likeness (QED) is 0.772. The van der Waals surface area contributed by atoms with E-state index in [2.05, 4.69) is 0 Å². The molecule has 0 N–H and O–H groups in total. The molecule has 1 spiro atoms. The summed E-state index contributed by atoms with van der Waals surface area (Å²) in [5.74, 6) is 2.74. The lowest BCUT2D eigenvalue weighted by molar-refractivity contribution is -0.139. The van der Waals surface area contributed by atoms with E-state index in [-0.39, 0.29) is 16.7 Å². The van der Waals surface area contributed by atoms with Crippen LogP contribution in [0.15, 0.2) is 18.2 Å². The molecule has 152 valence electrons. The van der Waals surface area contributed by atoms with E-state index < -0.39 is 0 Å². The van der Waals surface area contributed by atoms with Gasteiger partial charge in [0.2, 0.25) is 5.91 Å². The molecule has 7 heteroatoms. The highest BCUT2D eigenvalue weighted by Gasteiger charge is 2.47. The summed E-state index contributed by atoms with van der Waals surface area (Å²) in [5, 5.41) is 0. The van der Waals surface area contributed by atoms with Gasteiger partial charge >= 0.3 is 0 Å². The first kappa shape index (κ1) is 19.4. The van der Waals surface area contributed by atoms with Crippen molar-refractivity contribution in [3.8, 4) is 11.5 Å². The zero-order chi connectivity index (χ0) is 19.7. The van der Waals surface area contributed by atoms with Crippen molar-refractivity contribution in [2.45, 2.75) is 37.0 Å². The number of hydrogen-bond acceptors (Lipinski definition) is 5. The van der Waals surface area contributed by atoms with Crippen LogP contribution in [0.2, 0.25) is 0 Å². The van der Waals surface area contributed by atoms with E-state index in [1.807, 2.05) is 21.6 Å². The Morgan fingerprint density at radius 1 is 1.04 bits per heavy atom. The van der Waals surface area contributed by atoms with Crippen LogP contribution >= 0.6 is 11.8 Å². The maximum absolute atomic E-state index is 13.4. The van der Waals surface area contributed by atoms with Crippen molar-refractivity contribution in [2.75, 3.05) is 39.6 Å². The summed E-state index contributed by atoms with van der Waals surface area (Å²) >= 11 is 1.86. The first-order valence-electron chi connectivity index (χ1n) is 10.0. The normalized spacial score (nSPS) is 21.5. The third kappa shape index (κ3) is 3.45. The van der Waals surface area contributed by atoms with Crippen LogP contribution in [0.4, 0.5) is 0 Å². The minimum absolute atomic E-state index is 0.0148. The molecule has 28 heavy (non-hydrogen) atoms. The van der Waals surface area contributed by atoms with Crippen molar-refractivity contribution < 1.29 is 19.1 Å². The van der Waals surface area contributed by atoms with Crippen LogP contribution in [0, 0.1) is 5.92 Å². The fourth-order valence-corrected chi connectivity index (χ4v) is 5.84. The van der Waals surface area contributed by atoms with E-state index in [9.17, 15) is 9.59 Å². The Balaban J connectivity index is 1.49. The summed E-state index contributed by atoms with van der Waals surface area (Å²) in [4.78, 5) is 29.8. The Kier molecular flexibility index (Phi) is 5.45. The smallest absolute Gasteiger partial charge is 0.255 e. The van der Waals surface area contributed by atoms with Crippen molar-refractivity contribution in [3.05, 3.63) is 23.8 Å². The number of hydrogen-bond donors (Lipinski definition) is 0. The number of methoxy groups -OCH3 is 2. The molecule has 2 heterocycles. The van der Waals surface area contributed by atoms with Crippen LogP contribution in [-0.4, -0.2) is 66.1 Å². The van der Waals surface area contributed by atoms with Crippen LogP contribution < -0.4 is 9.47 Å². The minimum atomic E-state index is -0.205. The molecule has 6 nitrogen and oxygen atoms in total. The summed E-state index contributed by atoms with van der Waals surface area (Å²) < 4.78 is 10.7. The number of thioether (sulfide) groups is 1. The SMILES string of the molecule is COc1cc(OC)cc(C(=O)N2CCSC23CCN(C(=O)C2CCC2)CC3)c1. The number of ether oxygens (including phenoxy) is 2. The van der Waals surface area contributed by atoms with Gasteiger partial charge in [-0.1, -0.05) is 6.42 Å². The second-order valence-electron chi connectivity index (χ2n) is 7.81. The van der Waals surface area contributed by atoms with Gasteiger partial charge in [0.15, 0.2) is 0 Å². The van der Waals surface area contributed by atoms with E-state index in [0.29, 0.717) is 23.0 Å². The van der Waals surface area contributed by atoms with E-state index in [1.54, 1.807) is 32.4 Å². The molecule has 0 aromatic heterocycles. The van der Waals surface area contributed by atoms with Gasteiger partial charge in [0.1, 0.15) is 11.5 Å². The summed E-state index contributed by atoms with van der Waals surface area (Å²) in [7, 11) is 3.18. The number of carbonyl (C=O) groups excluding carboxylic acids is 2. The van der Waals surface area contributed by atoms with Crippen molar-refractivity contribution in [2.24, 2.45) is 5.92 Å². The number of piperidine rings is 1. The summed E-state index contributed by atoms with van der Waals surface area (Å²) in [6.45, 7) is 2.22. The summed E-state index contributed by atoms with van der Waals surface area (Å²) in [5.41, 5.74) is 0.589. The van der Waals surface area contributed by atoms with E-state index in [1.165, 1.54) is 6.42 Å². The Hall–Kier alpha value is -1.89. The molecule has 2 aliphatic heterocycles. The standard InChI is InChI=1S/C21H28N2O4S/c1-26-17-12-16(13-18(14-17)27-2)20(25)23-10-11-28-21(23)6-8-22(9-7-21)19(24)15-4-3-5-15/h12-15H,3-11H2,1-2H3. The lowest BCUT2D eigenvalue weighted by Crippen LogP contribution is -2.54. The number of rotatable bonds is 4. The Morgan fingerprint density at radius 2 is 1.68 bits per heavy atom. The lowest BCUT2D eigenvalue weighted by Gasteiger charge is -2.45. The van der Waals surface area contributed by atoms with Gasteiger partial charge in [-0.3, -0.25) is 9.59 Å². The van der Waals surface area contributed by atoms with Gasteiger partial charge in [-0.2, -0.15) is 0 Å².